The Kier molecular flexibility index (Phi) is 5.87. The summed E-state index contributed by atoms with van der Waals surface area (Å²) in [4.78, 5) is 38.4. The van der Waals surface area contributed by atoms with Gasteiger partial charge in [-0.3, -0.25) is 9.59 Å². The van der Waals surface area contributed by atoms with Gasteiger partial charge in [0.2, 0.25) is 5.91 Å². The molecule has 2 aromatic carbocycles. The molecule has 152 valence electrons. The van der Waals surface area contributed by atoms with Gasteiger partial charge in [0.1, 0.15) is 11.4 Å². The fraction of sp³-hybridized carbons (Fsp3) is 0.375. The zero-order valence-electron chi connectivity index (χ0n) is 17.3. The summed E-state index contributed by atoms with van der Waals surface area (Å²) in [6.07, 6.45) is 0.134. The van der Waals surface area contributed by atoms with Crippen molar-refractivity contribution in [2.75, 3.05) is 0 Å². The molecule has 1 aliphatic rings. The second-order valence-corrected chi connectivity index (χ2v) is 8.51. The van der Waals surface area contributed by atoms with E-state index in [2.05, 4.69) is 0 Å². The first-order chi connectivity index (χ1) is 13.7. The van der Waals surface area contributed by atoms with Crippen LogP contribution in [0.3, 0.4) is 0 Å². The molecule has 0 aliphatic carbocycles. The molecule has 1 heterocycles. The molecule has 2 unspecified atom stereocenters. The van der Waals surface area contributed by atoms with Gasteiger partial charge in [-0.15, -0.1) is 0 Å². The number of carbonyl (C=O) groups is 3. The number of nitrogens with zero attached hydrogens (tertiary/aromatic N) is 1. The average molecular weight is 393 g/mol. The van der Waals surface area contributed by atoms with E-state index in [1.165, 1.54) is 6.92 Å². The molecule has 2 atom stereocenters. The molecule has 0 N–H and O–H groups in total. The monoisotopic (exact) mass is 393 g/mol. The Morgan fingerprint density at radius 2 is 1.59 bits per heavy atom. The van der Waals surface area contributed by atoms with E-state index in [-0.39, 0.29) is 5.78 Å². The van der Waals surface area contributed by atoms with Crippen molar-refractivity contribution in [1.82, 2.24) is 4.90 Å². The number of benzene rings is 2. The lowest BCUT2D eigenvalue weighted by Gasteiger charge is -2.27. The fourth-order valence-corrected chi connectivity index (χ4v) is 3.63. The summed E-state index contributed by atoms with van der Waals surface area (Å²) in [5.74, 6) is -1.46. The third kappa shape index (κ3) is 4.91. The number of ether oxygens (including phenoxy) is 1. The lowest BCUT2D eigenvalue weighted by Crippen LogP contribution is -2.43. The fourth-order valence-electron chi connectivity index (χ4n) is 3.63. The van der Waals surface area contributed by atoms with Gasteiger partial charge in [0, 0.05) is 6.04 Å². The number of Topliss-reactive ketones (excluding diaryl/α,β-unsaturated/α-hetero) is 1. The van der Waals surface area contributed by atoms with Crippen LogP contribution < -0.4 is 0 Å². The number of hydrogen-bond acceptors (Lipinski definition) is 4. The van der Waals surface area contributed by atoms with E-state index in [1.54, 1.807) is 20.8 Å². The second kappa shape index (κ2) is 8.19. The molecule has 5 heteroatoms. The highest BCUT2D eigenvalue weighted by atomic mass is 16.6. The van der Waals surface area contributed by atoms with Crippen LogP contribution in [0.25, 0.3) is 11.1 Å². The molecule has 5 nitrogen and oxygen atoms in total. The quantitative estimate of drug-likeness (QED) is 0.710. The van der Waals surface area contributed by atoms with Crippen molar-refractivity contribution in [2.24, 2.45) is 5.92 Å². The number of imide groups is 1. The van der Waals surface area contributed by atoms with Crippen LogP contribution in [0.2, 0.25) is 0 Å². The molecular formula is C24H27NO4. The van der Waals surface area contributed by atoms with E-state index in [0.717, 1.165) is 21.6 Å². The molecule has 1 aliphatic heterocycles. The molecule has 0 spiro atoms. The molecule has 29 heavy (non-hydrogen) atoms. The van der Waals surface area contributed by atoms with Gasteiger partial charge in [-0.05, 0) is 57.2 Å². The van der Waals surface area contributed by atoms with E-state index in [1.807, 2.05) is 54.6 Å². The smallest absolute Gasteiger partial charge is 0.417 e. The summed E-state index contributed by atoms with van der Waals surface area (Å²) in [5, 5.41) is 0. The van der Waals surface area contributed by atoms with Crippen molar-refractivity contribution >= 4 is 17.8 Å². The predicted octanol–water partition coefficient (Wildman–Crippen LogP) is 4.64. The first-order valence-corrected chi connectivity index (χ1v) is 9.86. The third-order valence-electron chi connectivity index (χ3n) is 5.02. The van der Waals surface area contributed by atoms with Crippen molar-refractivity contribution in [2.45, 2.75) is 52.2 Å². The highest BCUT2D eigenvalue weighted by molar-refractivity contribution is 6.07. The van der Waals surface area contributed by atoms with Crippen molar-refractivity contribution in [3.8, 4) is 11.1 Å². The Bertz CT molecular complexity index is 897. The van der Waals surface area contributed by atoms with Crippen LogP contribution in [0.4, 0.5) is 4.79 Å². The maximum atomic E-state index is 12.7. The number of hydrogen-bond donors (Lipinski definition) is 0. The second-order valence-electron chi connectivity index (χ2n) is 8.51. The minimum absolute atomic E-state index is 0.217. The minimum atomic E-state index is -0.781. The summed E-state index contributed by atoms with van der Waals surface area (Å²) in [7, 11) is 0. The first-order valence-electron chi connectivity index (χ1n) is 9.86. The summed E-state index contributed by atoms with van der Waals surface area (Å²) in [5.41, 5.74) is 2.51. The maximum absolute atomic E-state index is 12.7. The molecule has 0 saturated carbocycles. The SMILES string of the molecule is CC(=O)C1CC(Cc2ccc(-c3ccccc3)cc2)N(C(=O)OC(C)(C)C)C1=O. The Morgan fingerprint density at radius 3 is 2.14 bits per heavy atom. The molecule has 0 bridgehead atoms. The molecule has 3 rings (SSSR count). The largest absolute Gasteiger partial charge is 0.443 e. The van der Waals surface area contributed by atoms with Gasteiger partial charge in [-0.25, -0.2) is 9.69 Å². The van der Waals surface area contributed by atoms with Gasteiger partial charge in [0.15, 0.2) is 0 Å². The van der Waals surface area contributed by atoms with Gasteiger partial charge < -0.3 is 4.74 Å². The number of ketones is 1. The lowest BCUT2D eigenvalue weighted by atomic mass is 9.96. The van der Waals surface area contributed by atoms with Crippen LogP contribution in [-0.4, -0.2) is 34.3 Å². The molecule has 2 amide bonds. The zero-order valence-corrected chi connectivity index (χ0v) is 17.3. The molecule has 1 fully saturated rings. The lowest BCUT2D eigenvalue weighted by molar-refractivity contribution is -0.135. The maximum Gasteiger partial charge on any atom is 0.417 e. The van der Waals surface area contributed by atoms with Gasteiger partial charge >= 0.3 is 6.09 Å². The van der Waals surface area contributed by atoms with Gasteiger partial charge in [0.25, 0.3) is 0 Å². The third-order valence-corrected chi connectivity index (χ3v) is 5.02. The summed E-state index contributed by atoms with van der Waals surface area (Å²) >= 11 is 0. The normalized spacial score (nSPS) is 19.3. The summed E-state index contributed by atoms with van der Waals surface area (Å²) < 4.78 is 5.42. The number of amides is 2. The van der Waals surface area contributed by atoms with Crippen LogP contribution in [-0.2, 0) is 20.7 Å². The van der Waals surface area contributed by atoms with E-state index in [0.29, 0.717) is 12.8 Å². The summed E-state index contributed by atoms with van der Waals surface area (Å²) in [6, 6.07) is 17.7. The molecule has 2 aromatic rings. The van der Waals surface area contributed by atoms with Gasteiger partial charge in [-0.2, -0.15) is 0 Å². The van der Waals surface area contributed by atoms with E-state index in [4.69, 9.17) is 4.74 Å². The Hall–Kier alpha value is -2.95. The van der Waals surface area contributed by atoms with E-state index >= 15 is 0 Å². The van der Waals surface area contributed by atoms with Gasteiger partial charge in [-0.1, -0.05) is 54.6 Å². The average Bonchev–Trinajstić information content (AvgIpc) is 2.98. The predicted molar refractivity (Wildman–Crippen MR) is 111 cm³/mol. The highest BCUT2D eigenvalue weighted by Gasteiger charge is 2.46. The number of carbonyl (C=O) groups excluding carboxylic acids is 3. The van der Waals surface area contributed by atoms with Crippen LogP contribution in [0.5, 0.6) is 0 Å². The van der Waals surface area contributed by atoms with Crippen LogP contribution in [0.15, 0.2) is 54.6 Å². The van der Waals surface area contributed by atoms with E-state index < -0.39 is 29.6 Å². The molecule has 1 saturated heterocycles. The highest BCUT2D eigenvalue weighted by Crippen LogP contribution is 2.30. The van der Waals surface area contributed by atoms with Crippen molar-refractivity contribution in [3.05, 3.63) is 60.2 Å². The summed E-state index contributed by atoms with van der Waals surface area (Å²) in [6.45, 7) is 6.66. The Labute approximate surface area is 171 Å². The van der Waals surface area contributed by atoms with E-state index in [9.17, 15) is 14.4 Å². The topological polar surface area (TPSA) is 63.7 Å². The Balaban J connectivity index is 1.80. The standard InChI is InChI=1S/C24H27NO4/c1-16(26)21-15-20(25(22(21)27)23(28)29-24(2,3)4)14-17-10-12-19(13-11-17)18-8-6-5-7-9-18/h5-13,20-21H,14-15H2,1-4H3. The number of likely N-dealkylation sites (tertiary alicyclic amines) is 1. The minimum Gasteiger partial charge on any atom is -0.443 e. The van der Waals surface area contributed by atoms with Crippen LogP contribution in [0.1, 0.15) is 39.7 Å². The number of rotatable bonds is 4. The molecular weight excluding hydrogens is 366 g/mol. The molecule has 0 radical (unpaired) electrons. The zero-order chi connectivity index (χ0) is 21.2. The molecule has 0 aromatic heterocycles. The van der Waals surface area contributed by atoms with Crippen molar-refractivity contribution in [3.63, 3.8) is 0 Å². The Morgan fingerprint density at radius 1 is 1.00 bits per heavy atom. The van der Waals surface area contributed by atoms with Crippen LogP contribution in [0, 0.1) is 5.92 Å². The van der Waals surface area contributed by atoms with Gasteiger partial charge in [0.05, 0.1) is 5.92 Å². The first kappa shape index (κ1) is 20.8. The van der Waals surface area contributed by atoms with Crippen molar-refractivity contribution in [1.29, 1.82) is 0 Å². The van der Waals surface area contributed by atoms with Crippen LogP contribution >= 0.6 is 0 Å². The van der Waals surface area contributed by atoms with Crippen molar-refractivity contribution < 1.29 is 19.1 Å².